The monoisotopic (exact) mass is 268 g/mol. The molecule has 0 amide bonds. The zero-order valence-electron chi connectivity index (χ0n) is 9.01. The second kappa shape index (κ2) is 5.55. The number of alkyl halides is 1. The maximum absolute atomic E-state index is 4.63. The first-order chi connectivity index (χ1) is 7.42. The largest absolute Gasteiger partial charge is 0.346 e. The molecule has 0 aromatic carbocycles. The summed E-state index contributed by atoms with van der Waals surface area (Å²) in [5.41, 5.74) is 0. The molecule has 2 nitrogen and oxygen atoms in total. The minimum atomic E-state index is 0.420. The van der Waals surface area contributed by atoms with Gasteiger partial charge in [0.05, 0.1) is 17.2 Å². The van der Waals surface area contributed by atoms with Gasteiger partial charge in [-0.3, -0.25) is 4.99 Å². The van der Waals surface area contributed by atoms with E-state index in [2.05, 4.69) is 37.7 Å². The number of hydrogen-bond acceptors (Lipinski definition) is 2. The maximum Gasteiger partial charge on any atom is 0.0998 e. The molecule has 1 atom stereocenters. The molecule has 0 aromatic rings. The minimum Gasteiger partial charge on any atom is -0.346 e. The van der Waals surface area contributed by atoms with Crippen LogP contribution < -0.4 is 0 Å². The van der Waals surface area contributed by atoms with E-state index in [0.29, 0.717) is 6.04 Å². The molecule has 0 N–H and O–H groups in total. The first-order valence-corrected chi connectivity index (χ1v) is 6.88. The fourth-order valence-electron chi connectivity index (χ4n) is 2.31. The molecule has 82 valence electrons. The van der Waals surface area contributed by atoms with Crippen molar-refractivity contribution in [1.82, 2.24) is 4.90 Å². The van der Waals surface area contributed by atoms with E-state index in [1.54, 1.807) is 0 Å². The van der Waals surface area contributed by atoms with Gasteiger partial charge in [-0.05, 0) is 25.7 Å². The first-order valence-electron chi connectivity index (χ1n) is 5.76. The molecule has 2 rings (SSSR count). The fourth-order valence-corrected chi connectivity index (χ4v) is 2.47. The normalized spacial score (nSPS) is 25.8. The van der Waals surface area contributed by atoms with Crippen molar-refractivity contribution in [1.29, 1.82) is 0 Å². The van der Waals surface area contributed by atoms with E-state index in [9.17, 15) is 0 Å². The predicted octanol–water partition coefficient (Wildman–Crippen LogP) is 2.43. The second-order valence-electron chi connectivity index (χ2n) is 4.06. The van der Waals surface area contributed by atoms with Gasteiger partial charge in [-0.15, -0.1) is 0 Å². The number of halogens is 1. The number of hydrogen-bond donors (Lipinski definition) is 0. The summed E-state index contributed by atoms with van der Waals surface area (Å²) in [6.07, 6.45) is 6.13. The third kappa shape index (κ3) is 2.75. The van der Waals surface area contributed by atoms with Crippen LogP contribution in [0.1, 0.15) is 32.1 Å². The summed E-state index contributed by atoms with van der Waals surface area (Å²) in [4.78, 5) is 7.07. The highest BCUT2D eigenvalue weighted by Gasteiger charge is 2.24. The summed E-state index contributed by atoms with van der Waals surface area (Å²) in [5.74, 6) is 7.82. The predicted molar refractivity (Wildman–Crippen MR) is 67.5 cm³/mol. The third-order valence-electron chi connectivity index (χ3n) is 3.02. The highest BCUT2D eigenvalue weighted by Crippen LogP contribution is 2.21. The molecule has 0 aliphatic carbocycles. The SMILES string of the molecule is BrCC#CC1CCCCC2=NCCCN21. The fraction of sp³-hybridized carbons (Fsp3) is 0.750. The number of fused-ring (bicyclic) bond motifs is 1. The summed E-state index contributed by atoms with van der Waals surface area (Å²) in [6, 6.07) is 0.420. The van der Waals surface area contributed by atoms with Crippen LogP contribution in [0.2, 0.25) is 0 Å². The molecule has 1 saturated heterocycles. The lowest BCUT2D eigenvalue weighted by atomic mass is 10.1. The number of amidine groups is 1. The van der Waals surface area contributed by atoms with Crippen LogP contribution in [0, 0.1) is 11.8 Å². The molecule has 0 spiro atoms. The average Bonchev–Trinajstić information content (AvgIpc) is 2.49. The van der Waals surface area contributed by atoms with Crippen LogP contribution in [0.15, 0.2) is 4.99 Å². The van der Waals surface area contributed by atoms with Crippen LogP contribution in [-0.4, -0.2) is 35.2 Å². The van der Waals surface area contributed by atoms with Gasteiger partial charge in [0.1, 0.15) is 0 Å². The number of rotatable bonds is 0. The molecule has 0 bridgehead atoms. The van der Waals surface area contributed by atoms with E-state index in [0.717, 1.165) is 24.8 Å². The molecule has 1 unspecified atom stereocenters. The van der Waals surface area contributed by atoms with Gasteiger partial charge in [-0.25, -0.2) is 0 Å². The Kier molecular flexibility index (Phi) is 4.08. The smallest absolute Gasteiger partial charge is 0.0998 e. The Labute approximate surface area is 100 Å². The summed E-state index contributed by atoms with van der Waals surface area (Å²) < 4.78 is 0. The molecule has 3 heteroatoms. The van der Waals surface area contributed by atoms with Crippen molar-refractivity contribution in [3.8, 4) is 11.8 Å². The van der Waals surface area contributed by atoms with Gasteiger partial charge >= 0.3 is 0 Å². The minimum absolute atomic E-state index is 0.420. The molecule has 2 aliphatic rings. The van der Waals surface area contributed by atoms with Gasteiger partial charge in [0.2, 0.25) is 0 Å². The molecule has 15 heavy (non-hydrogen) atoms. The topological polar surface area (TPSA) is 15.6 Å². The lowest BCUT2D eigenvalue weighted by Gasteiger charge is -2.32. The summed E-state index contributed by atoms with van der Waals surface area (Å²) >= 11 is 3.36. The van der Waals surface area contributed by atoms with E-state index in [1.807, 2.05) is 0 Å². The molecule has 0 saturated carbocycles. The second-order valence-corrected chi connectivity index (χ2v) is 4.62. The number of nitrogens with zero attached hydrogens (tertiary/aromatic N) is 2. The Hall–Kier alpha value is -0.490. The zero-order valence-corrected chi connectivity index (χ0v) is 10.6. The van der Waals surface area contributed by atoms with Gasteiger partial charge in [0.25, 0.3) is 0 Å². The van der Waals surface area contributed by atoms with Gasteiger partial charge in [-0.2, -0.15) is 0 Å². The van der Waals surface area contributed by atoms with Crippen LogP contribution in [-0.2, 0) is 0 Å². The average molecular weight is 269 g/mol. The van der Waals surface area contributed by atoms with Crippen molar-refractivity contribution < 1.29 is 0 Å². The van der Waals surface area contributed by atoms with E-state index in [-0.39, 0.29) is 0 Å². The lowest BCUT2D eigenvalue weighted by Crippen LogP contribution is -2.41. The Morgan fingerprint density at radius 2 is 2.33 bits per heavy atom. The Morgan fingerprint density at radius 3 is 3.20 bits per heavy atom. The van der Waals surface area contributed by atoms with Crippen molar-refractivity contribution >= 4 is 21.8 Å². The highest BCUT2D eigenvalue weighted by molar-refractivity contribution is 9.09. The van der Waals surface area contributed by atoms with Crippen LogP contribution in [0.3, 0.4) is 0 Å². The first kappa shape index (κ1) is 11.0. The summed E-state index contributed by atoms with van der Waals surface area (Å²) in [7, 11) is 0. The molecule has 2 aliphatic heterocycles. The van der Waals surface area contributed by atoms with E-state index in [1.165, 1.54) is 31.5 Å². The standard InChI is InChI=1S/C12H17BrN2/c13-8-3-6-11-5-1-2-7-12-14-9-4-10-15(11)12/h11H,1-2,4-5,7-10H2. The van der Waals surface area contributed by atoms with E-state index in [4.69, 9.17) is 0 Å². The Morgan fingerprint density at radius 1 is 1.40 bits per heavy atom. The number of aliphatic imine (C=N–C) groups is 1. The van der Waals surface area contributed by atoms with Gasteiger partial charge < -0.3 is 4.90 Å². The highest BCUT2D eigenvalue weighted by atomic mass is 79.9. The maximum atomic E-state index is 4.63. The molecule has 2 heterocycles. The van der Waals surface area contributed by atoms with E-state index >= 15 is 0 Å². The van der Waals surface area contributed by atoms with Crippen LogP contribution in [0.5, 0.6) is 0 Å². The van der Waals surface area contributed by atoms with Crippen LogP contribution in [0.4, 0.5) is 0 Å². The van der Waals surface area contributed by atoms with Crippen molar-refractivity contribution in [3.05, 3.63) is 0 Å². The van der Waals surface area contributed by atoms with Crippen LogP contribution in [0.25, 0.3) is 0 Å². The van der Waals surface area contributed by atoms with Crippen molar-refractivity contribution in [2.24, 2.45) is 4.99 Å². The van der Waals surface area contributed by atoms with Gasteiger partial charge in [0, 0.05) is 19.5 Å². The van der Waals surface area contributed by atoms with Gasteiger partial charge in [-0.1, -0.05) is 27.8 Å². The third-order valence-corrected chi connectivity index (χ3v) is 3.30. The molecular formula is C12H17BrN2. The summed E-state index contributed by atoms with van der Waals surface area (Å²) in [6.45, 7) is 2.17. The van der Waals surface area contributed by atoms with Crippen molar-refractivity contribution in [3.63, 3.8) is 0 Å². The van der Waals surface area contributed by atoms with Crippen molar-refractivity contribution in [2.45, 2.75) is 38.1 Å². The summed E-state index contributed by atoms with van der Waals surface area (Å²) in [5, 5.41) is 0.782. The molecule has 0 aromatic heterocycles. The Bertz CT molecular complexity index is 300. The van der Waals surface area contributed by atoms with Crippen molar-refractivity contribution in [2.75, 3.05) is 18.4 Å². The molecular weight excluding hydrogens is 252 g/mol. The molecule has 0 radical (unpaired) electrons. The quantitative estimate of drug-likeness (QED) is 0.487. The zero-order chi connectivity index (χ0) is 10.5. The van der Waals surface area contributed by atoms with E-state index < -0.39 is 0 Å². The molecule has 1 fully saturated rings. The van der Waals surface area contributed by atoms with Gasteiger partial charge in [0.15, 0.2) is 0 Å². The van der Waals surface area contributed by atoms with Crippen LogP contribution >= 0.6 is 15.9 Å². The lowest BCUT2D eigenvalue weighted by molar-refractivity contribution is 0.338. The Balaban J connectivity index is 2.14.